The number of rotatable bonds is 4. The molecule has 4 aromatic carbocycles. The highest BCUT2D eigenvalue weighted by Gasteiger charge is 2.27. The maximum Gasteiger partial charge on any atom is 0.136 e. The first kappa shape index (κ1) is 25.2. The zero-order valence-electron chi connectivity index (χ0n) is 19.6. The minimum Gasteiger partial charge on any atom is -0.397 e. The van der Waals surface area contributed by atoms with Gasteiger partial charge >= 0.3 is 0 Å². The molecule has 8 heteroatoms. The molecule has 186 valence electrons. The van der Waals surface area contributed by atoms with Crippen molar-refractivity contribution in [3.63, 3.8) is 0 Å². The van der Waals surface area contributed by atoms with E-state index in [1.54, 1.807) is 45.0 Å². The molecular weight excluding hydrogens is 478 g/mol. The van der Waals surface area contributed by atoms with Crippen LogP contribution in [0, 0.1) is 34.9 Å². The van der Waals surface area contributed by atoms with Gasteiger partial charge in [0, 0.05) is 35.4 Å². The molecule has 0 bridgehead atoms. The van der Waals surface area contributed by atoms with Crippen molar-refractivity contribution in [1.29, 1.82) is 0 Å². The summed E-state index contributed by atoms with van der Waals surface area (Å²) in [5.41, 5.74) is 4.83. The molecule has 0 saturated heterocycles. The van der Waals surface area contributed by atoms with Crippen molar-refractivity contribution in [3.8, 4) is 22.3 Å². The van der Waals surface area contributed by atoms with E-state index in [1.165, 1.54) is 12.1 Å². The second-order valence-corrected chi connectivity index (χ2v) is 9.40. The summed E-state index contributed by atoms with van der Waals surface area (Å²) in [7, 11) is 0. The molecule has 4 aromatic rings. The number of anilines is 3. The lowest BCUT2D eigenvalue weighted by Gasteiger charge is -2.26. The van der Waals surface area contributed by atoms with Gasteiger partial charge < -0.3 is 11.1 Å². The number of nitrogens with two attached hydrogens (primary N) is 1. The van der Waals surface area contributed by atoms with Crippen LogP contribution in [0.25, 0.3) is 22.3 Å². The summed E-state index contributed by atoms with van der Waals surface area (Å²) in [6, 6.07) is 11.4. The first-order valence-corrected chi connectivity index (χ1v) is 11.0. The summed E-state index contributed by atoms with van der Waals surface area (Å²) in [5.74, 6) is -7.11. The first-order chi connectivity index (χ1) is 16.9. The molecule has 0 heterocycles. The normalized spacial score (nSPS) is 11.6. The molecule has 0 unspecified atom stereocenters. The van der Waals surface area contributed by atoms with Gasteiger partial charge in [-0.05, 0) is 35.2 Å². The lowest BCUT2D eigenvalue weighted by Crippen LogP contribution is -2.13. The zero-order chi connectivity index (χ0) is 26.4. The van der Waals surface area contributed by atoms with E-state index in [1.807, 2.05) is 0 Å². The second kappa shape index (κ2) is 9.26. The smallest absolute Gasteiger partial charge is 0.136 e. The van der Waals surface area contributed by atoms with Gasteiger partial charge in [0.05, 0.1) is 28.2 Å². The van der Waals surface area contributed by atoms with Crippen molar-refractivity contribution >= 4 is 17.1 Å². The fraction of sp³-hybridized carbons (Fsp3) is 0.143. The molecule has 2 nitrogen and oxygen atoms in total. The van der Waals surface area contributed by atoms with Gasteiger partial charge in [-0.15, -0.1) is 0 Å². The molecule has 0 aliphatic heterocycles. The summed E-state index contributed by atoms with van der Waals surface area (Å²) in [6.07, 6.45) is 0. The summed E-state index contributed by atoms with van der Waals surface area (Å²) < 4.78 is 87.6. The van der Waals surface area contributed by atoms with Crippen LogP contribution in [0.1, 0.15) is 26.3 Å². The third kappa shape index (κ3) is 4.76. The van der Waals surface area contributed by atoms with Gasteiger partial charge in [-0.1, -0.05) is 32.9 Å². The van der Waals surface area contributed by atoms with E-state index in [9.17, 15) is 8.78 Å². The van der Waals surface area contributed by atoms with Crippen LogP contribution in [0.4, 0.5) is 43.4 Å². The summed E-state index contributed by atoms with van der Waals surface area (Å²) >= 11 is 0. The van der Waals surface area contributed by atoms with E-state index in [0.29, 0.717) is 29.8 Å². The number of hydrogen-bond acceptors (Lipinski definition) is 2. The number of benzene rings is 4. The average Bonchev–Trinajstić information content (AvgIpc) is 2.74. The Labute approximate surface area is 204 Å². The molecule has 0 aliphatic carbocycles. The van der Waals surface area contributed by atoms with E-state index < -0.39 is 51.4 Å². The van der Waals surface area contributed by atoms with Crippen LogP contribution >= 0.6 is 0 Å². The Balaban J connectivity index is 2.17. The third-order valence-corrected chi connectivity index (χ3v) is 5.78. The monoisotopic (exact) mass is 500 g/mol. The quantitative estimate of drug-likeness (QED) is 0.218. The maximum absolute atomic E-state index is 15.0. The van der Waals surface area contributed by atoms with E-state index in [-0.39, 0.29) is 28.2 Å². The van der Waals surface area contributed by atoms with Gasteiger partial charge in [0.2, 0.25) is 0 Å². The van der Waals surface area contributed by atoms with Crippen LogP contribution in [0.2, 0.25) is 0 Å². The average molecular weight is 500 g/mol. The highest BCUT2D eigenvalue weighted by Crippen LogP contribution is 2.45. The molecule has 0 saturated carbocycles. The Bertz CT molecular complexity index is 1350. The van der Waals surface area contributed by atoms with E-state index in [4.69, 9.17) is 5.73 Å². The lowest BCUT2D eigenvalue weighted by atomic mass is 9.82. The molecule has 0 aromatic heterocycles. The van der Waals surface area contributed by atoms with Gasteiger partial charge in [-0.25, -0.2) is 26.3 Å². The first-order valence-electron chi connectivity index (χ1n) is 11.0. The Kier molecular flexibility index (Phi) is 6.47. The number of nitrogen functional groups attached to an aromatic ring is 1. The second-order valence-electron chi connectivity index (χ2n) is 9.40. The Morgan fingerprint density at radius 3 is 1.44 bits per heavy atom. The molecule has 0 atom stereocenters. The fourth-order valence-electron chi connectivity index (χ4n) is 3.95. The van der Waals surface area contributed by atoms with Crippen LogP contribution < -0.4 is 11.1 Å². The van der Waals surface area contributed by atoms with Gasteiger partial charge in [0.25, 0.3) is 0 Å². The van der Waals surface area contributed by atoms with Gasteiger partial charge in [0.1, 0.15) is 34.9 Å². The van der Waals surface area contributed by atoms with Crippen LogP contribution in [0.3, 0.4) is 0 Å². The predicted octanol–water partition coefficient (Wildman–Crippen LogP) is 8.48. The van der Waals surface area contributed by atoms with Crippen molar-refractivity contribution in [2.45, 2.75) is 26.2 Å². The lowest BCUT2D eigenvalue weighted by molar-refractivity contribution is 0.547. The van der Waals surface area contributed by atoms with Crippen molar-refractivity contribution < 1.29 is 26.3 Å². The molecule has 0 amide bonds. The molecule has 36 heavy (non-hydrogen) atoms. The van der Waals surface area contributed by atoms with Crippen molar-refractivity contribution in [3.05, 3.63) is 101 Å². The third-order valence-electron chi connectivity index (χ3n) is 5.78. The molecule has 3 N–H and O–H groups in total. The molecule has 4 rings (SSSR count). The highest BCUT2D eigenvalue weighted by atomic mass is 19.2. The van der Waals surface area contributed by atoms with E-state index in [2.05, 4.69) is 5.32 Å². The van der Waals surface area contributed by atoms with Crippen LogP contribution in [-0.2, 0) is 5.41 Å². The number of nitrogens with one attached hydrogen (secondary N) is 1. The molecule has 0 aliphatic rings. The van der Waals surface area contributed by atoms with Gasteiger partial charge in [-0.3, -0.25) is 0 Å². The fourth-order valence-corrected chi connectivity index (χ4v) is 3.95. The standard InChI is InChI=1S/C28H22F6N2/c1-28(2,3)14-8-17(25-19(31)10-15(29)11-20(25)32)27(36-24-7-5-4-6-23(24)35)18(9-14)26-21(33)12-16(30)13-22(26)34/h4-13,36H,35H2,1-3H3. The largest absolute Gasteiger partial charge is 0.397 e. The SMILES string of the molecule is CC(C)(C)c1cc(-c2c(F)cc(F)cc2F)c(Nc2ccccc2N)c(-c2c(F)cc(F)cc2F)c1. The minimum absolute atomic E-state index is 0.102. The van der Waals surface area contributed by atoms with Crippen molar-refractivity contribution in [1.82, 2.24) is 0 Å². The molecule has 0 spiro atoms. The number of para-hydroxylation sites is 2. The minimum atomic E-state index is -1.21. The summed E-state index contributed by atoms with van der Waals surface area (Å²) in [4.78, 5) is 0. The van der Waals surface area contributed by atoms with Crippen LogP contribution in [-0.4, -0.2) is 0 Å². The Morgan fingerprint density at radius 1 is 0.639 bits per heavy atom. The van der Waals surface area contributed by atoms with Crippen LogP contribution in [0.5, 0.6) is 0 Å². The number of halogens is 6. The Hall–Kier alpha value is -3.94. The predicted molar refractivity (Wildman–Crippen MR) is 130 cm³/mol. The van der Waals surface area contributed by atoms with Gasteiger partial charge in [0.15, 0.2) is 0 Å². The van der Waals surface area contributed by atoms with Crippen molar-refractivity contribution in [2.75, 3.05) is 11.1 Å². The van der Waals surface area contributed by atoms with Crippen molar-refractivity contribution in [2.24, 2.45) is 0 Å². The summed E-state index contributed by atoms with van der Waals surface area (Å²) in [5, 5.41) is 2.94. The molecular formula is C28H22F6N2. The molecule has 0 radical (unpaired) electrons. The Morgan fingerprint density at radius 2 is 1.06 bits per heavy atom. The van der Waals surface area contributed by atoms with Gasteiger partial charge in [-0.2, -0.15) is 0 Å². The molecule has 0 fully saturated rings. The maximum atomic E-state index is 15.0. The highest BCUT2D eigenvalue weighted by molar-refractivity contribution is 5.95. The van der Waals surface area contributed by atoms with E-state index in [0.717, 1.165) is 0 Å². The summed E-state index contributed by atoms with van der Waals surface area (Å²) in [6.45, 7) is 5.40. The topological polar surface area (TPSA) is 38.0 Å². The van der Waals surface area contributed by atoms with Crippen LogP contribution in [0.15, 0.2) is 60.7 Å². The number of hydrogen-bond donors (Lipinski definition) is 2. The zero-order valence-corrected chi connectivity index (χ0v) is 19.6. The van der Waals surface area contributed by atoms with E-state index >= 15 is 17.6 Å².